The Morgan fingerprint density at radius 1 is 1.37 bits per heavy atom. The van der Waals surface area contributed by atoms with Gasteiger partial charge in [-0.1, -0.05) is 30.3 Å². The quantitative estimate of drug-likeness (QED) is 0.941. The van der Waals surface area contributed by atoms with Crippen LogP contribution in [-0.4, -0.2) is 16.6 Å². The fourth-order valence-corrected chi connectivity index (χ4v) is 2.03. The number of nitrogens with one attached hydrogen (secondary N) is 1. The number of benzene rings is 1. The SMILES string of the molecule is CCOC(c1ccccc1)c1nc(C)c(Br)c(=O)[nH]1. The van der Waals surface area contributed by atoms with Gasteiger partial charge in [-0.15, -0.1) is 0 Å². The summed E-state index contributed by atoms with van der Waals surface area (Å²) in [5, 5.41) is 0. The number of aromatic nitrogens is 2. The molecule has 0 spiro atoms. The maximum atomic E-state index is 11.8. The normalized spacial score (nSPS) is 12.4. The van der Waals surface area contributed by atoms with Gasteiger partial charge in [0, 0.05) is 6.61 Å². The van der Waals surface area contributed by atoms with Gasteiger partial charge in [0.05, 0.1) is 5.69 Å². The molecule has 2 aromatic rings. The van der Waals surface area contributed by atoms with Crippen molar-refractivity contribution in [1.82, 2.24) is 9.97 Å². The van der Waals surface area contributed by atoms with E-state index in [9.17, 15) is 4.79 Å². The van der Waals surface area contributed by atoms with E-state index in [1.54, 1.807) is 6.92 Å². The molecule has 1 N–H and O–H groups in total. The first-order valence-electron chi connectivity index (χ1n) is 6.06. The lowest BCUT2D eigenvalue weighted by Gasteiger charge is -2.17. The summed E-state index contributed by atoms with van der Waals surface area (Å²) in [5.41, 5.74) is 1.43. The van der Waals surface area contributed by atoms with Crippen LogP contribution in [0, 0.1) is 6.92 Å². The number of halogens is 1. The summed E-state index contributed by atoms with van der Waals surface area (Å²) in [6.45, 7) is 4.25. The molecule has 1 atom stereocenters. The third kappa shape index (κ3) is 3.11. The molecule has 0 aliphatic carbocycles. The fourth-order valence-electron chi connectivity index (χ4n) is 1.84. The Kier molecular flexibility index (Phi) is 4.50. The smallest absolute Gasteiger partial charge is 0.265 e. The van der Waals surface area contributed by atoms with Crippen LogP contribution in [0.4, 0.5) is 0 Å². The monoisotopic (exact) mass is 322 g/mol. The largest absolute Gasteiger partial charge is 0.366 e. The lowest BCUT2D eigenvalue weighted by molar-refractivity contribution is 0.0848. The molecule has 1 unspecified atom stereocenters. The Labute approximate surface area is 120 Å². The Bertz CT molecular complexity index is 611. The molecule has 19 heavy (non-hydrogen) atoms. The molecule has 0 amide bonds. The molecular weight excluding hydrogens is 308 g/mol. The molecule has 0 saturated heterocycles. The highest BCUT2D eigenvalue weighted by atomic mass is 79.9. The second-order valence-electron chi connectivity index (χ2n) is 4.10. The maximum Gasteiger partial charge on any atom is 0.265 e. The van der Waals surface area contributed by atoms with Crippen LogP contribution in [0.3, 0.4) is 0 Å². The number of hydrogen-bond donors (Lipinski definition) is 1. The van der Waals surface area contributed by atoms with E-state index < -0.39 is 0 Å². The second kappa shape index (κ2) is 6.12. The summed E-state index contributed by atoms with van der Waals surface area (Å²) < 4.78 is 6.17. The van der Waals surface area contributed by atoms with Gasteiger partial charge < -0.3 is 9.72 Å². The molecule has 2 rings (SSSR count). The molecule has 4 nitrogen and oxygen atoms in total. The van der Waals surface area contributed by atoms with E-state index in [-0.39, 0.29) is 11.7 Å². The number of hydrogen-bond acceptors (Lipinski definition) is 3. The van der Waals surface area contributed by atoms with Crippen LogP contribution < -0.4 is 5.56 Å². The molecule has 1 aromatic heterocycles. The minimum absolute atomic E-state index is 0.192. The van der Waals surface area contributed by atoms with Crippen LogP contribution >= 0.6 is 15.9 Å². The topological polar surface area (TPSA) is 55.0 Å². The Hall–Kier alpha value is -1.46. The van der Waals surface area contributed by atoms with Crippen molar-refractivity contribution in [2.45, 2.75) is 20.0 Å². The molecule has 0 aliphatic rings. The highest BCUT2D eigenvalue weighted by Gasteiger charge is 2.18. The summed E-state index contributed by atoms with van der Waals surface area (Å²) in [4.78, 5) is 19.0. The Morgan fingerprint density at radius 3 is 2.63 bits per heavy atom. The molecule has 1 aromatic carbocycles. The van der Waals surface area contributed by atoms with E-state index in [0.29, 0.717) is 22.6 Å². The Morgan fingerprint density at radius 2 is 2.05 bits per heavy atom. The lowest BCUT2D eigenvalue weighted by Crippen LogP contribution is -2.19. The van der Waals surface area contributed by atoms with Crippen molar-refractivity contribution in [2.75, 3.05) is 6.61 Å². The van der Waals surface area contributed by atoms with E-state index in [2.05, 4.69) is 25.9 Å². The highest BCUT2D eigenvalue weighted by Crippen LogP contribution is 2.23. The van der Waals surface area contributed by atoms with Gasteiger partial charge in [-0.2, -0.15) is 0 Å². The maximum absolute atomic E-state index is 11.8. The predicted molar refractivity (Wildman–Crippen MR) is 77.2 cm³/mol. The van der Waals surface area contributed by atoms with Crippen molar-refractivity contribution in [3.05, 3.63) is 62.2 Å². The van der Waals surface area contributed by atoms with Crippen molar-refractivity contribution < 1.29 is 4.74 Å². The fraction of sp³-hybridized carbons (Fsp3) is 0.286. The zero-order valence-corrected chi connectivity index (χ0v) is 12.4. The molecule has 1 heterocycles. The predicted octanol–water partition coefficient (Wildman–Crippen LogP) is 2.97. The lowest BCUT2D eigenvalue weighted by atomic mass is 10.1. The van der Waals surface area contributed by atoms with E-state index in [0.717, 1.165) is 5.56 Å². The van der Waals surface area contributed by atoms with E-state index >= 15 is 0 Å². The Balaban J connectivity index is 2.48. The summed E-state index contributed by atoms with van der Waals surface area (Å²) in [6, 6.07) is 9.72. The van der Waals surface area contributed by atoms with Crippen LogP contribution in [0.15, 0.2) is 39.6 Å². The molecule has 0 aliphatic heterocycles. The highest BCUT2D eigenvalue weighted by molar-refractivity contribution is 9.10. The summed E-state index contributed by atoms with van der Waals surface area (Å²) in [5.74, 6) is 0.527. The summed E-state index contributed by atoms with van der Waals surface area (Å²) in [6.07, 6.45) is -0.356. The van der Waals surface area contributed by atoms with Crippen molar-refractivity contribution in [3.8, 4) is 0 Å². The average molecular weight is 323 g/mol. The molecule has 100 valence electrons. The van der Waals surface area contributed by atoms with Crippen LogP contribution in [0.25, 0.3) is 0 Å². The molecule has 0 bridgehead atoms. The first kappa shape index (κ1) is 14.0. The second-order valence-corrected chi connectivity index (χ2v) is 4.89. The zero-order valence-electron chi connectivity index (χ0n) is 10.8. The van der Waals surface area contributed by atoms with Crippen LogP contribution in [0.5, 0.6) is 0 Å². The molecule has 0 saturated carbocycles. The van der Waals surface area contributed by atoms with Crippen molar-refractivity contribution in [1.29, 1.82) is 0 Å². The van der Waals surface area contributed by atoms with Gasteiger partial charge in [0.15, 0.2) is 0 Å². The number of aromatic amines is 1. The average Bonchev–Trinajstić information content (AvgIpc) is 2.42. The number of ether oxygens (including phenoxy) is 1. The van der Waals surface area contributed by atoms with Crippen molar-refractivity contribution >= 4 is 15.9 Å². The van der Waals surface area contributed by atoms with Crippen molar-refractivity contribution in [3.63, 3.8) is 0 Å². The van der Waals surface area contributed by atoms with Crippen molar-refractivity contribution in [2.24, 2.45) is 0 Å². The van der Waals surface area contributed by atoms with Gasteiger partial charge in [-0.25, -0.2) is 4.98 Å². The van der Waals surface area contributed by atoms with Gasteiger partial charge in [-0.3, -0.25) is 4.79 Å². The number of nitrogens with zero attached hydrogens (tertiary/aromatic N) is 1. The number of rotatable bonds is 4. The van der Waals surface area contributed by atoms with Gasteiger partial charge in [0.25, 0.3) is 5.56 Å². The third-order valence-corrected chi connectivity index (χ3v) is 3.66. The number of aryl methyl sites for hydroxylation is 1. The zero-order chi connectivity index (χ0) is 13.8. The first-order chi connectivity index (χ1) is 9.13. The molecule has 5 heteroatoms. The van der Waals surface area contributed by atoms with Crippen LogP contribution in [0.1, 0.15) is 30.1 Å². The van der Waals surface area contributed by atoms with Gasteiger partial charge in [0.1, 0.15) is 16.4 Å². The molecular formula is C14H15BrN2O2. The number of H-pyrrole nitrogens is 1. The van der Waals surface area contributed by atoms with E-state index in [1.807, 2.05) is 37.3 Å². The van der Waals surface area contributed by atoms with Crippen LogP contribution in [0.2, 0.25) is 0 Å². The van der Waals surface area contributed by atoms with Gasteiger partial charge in [0.2, 0.25) is 0 Å². The van der Waals surface area contributed by atoms with Gasteiger partial charge in [-0.05, 0) is 35.3 Å². The first-order valence-corrected chi connectivity index (χ1v) is 6.85. The summed E-state index contributed by atoms with van der Waals surface area (Å²) >= 11 is 3.21. The molecule has 0 radical (unpaired) electrons. The van der Waals surface area contributed by atoms with E-state index in [1.165, 1.54) is 0 Å². The van der Waals surface area contributed by atoms with Crippen LogP contribution in [-0.2, 0) is 4.74 Å². The minimum atomic E-state index is -0.356. The molecule has 0 fully saturated rings. The summed E-state index contributed by atoms with van der Waals surface area (Å²) in [7, 11) is 0. The van der Waals surface area contributed by atoms with Gasteiger partial charge >= 0.3 is 0 Å². The third-order valence-electron chi connectivity index (χ3n) is 2.73. The standard InChI is InChI=1S/C14H15BrN2O2/c1-3-19-12(10-7-5-4-6-8-10)13-16-9(2)11(15)14(18)17-13/h4-8,12H,3H2,1-2H3,(H,16,17,18). The van der Waals surface area contributed by atoms with E-state index in [4.69, 9.17) is 4.74 Å². The minimum Gasteiger partial charge on any atom is -0.366 e.